The van der Waals surface area contributed by atoms with E-state index in [1.165, 1.54) is 122 Å². The first-order chi connectivity index (χ1) is 14.2. The zero-order chi connectivity index (χ0) is 21.4. The molecule has 0 aliphatic rings. The molecule has 0 aliphatic carbocycles. The van der Waals surface area contributed by atoms with Crippen LogP contribution in [0.5, 0.6) is 0 Å². The third-order valence-electron chi connectivity index (χ3n) is 6.50. The molecule has 0 aromatic rings. The second-order valence-corrected chi connectivity index (χ2v) is 9.64. The van der Waals surface area contributed by atoms with Gasteiger partial charge in [0, 0.05) is 0 Å². The van der Waals surface area contributed by atoms with Crippen molar-refractivity contribution in [1.82, 2.24) is 0 Å². The molecule has 29 heavy (non-hydrogen) atoms. The van der Waals surface area contributed by atoms with Crippen molar-refractivity contribution < 1.29 is 0 Å². The van der Waals surface area contributed by atoms with Crippen molar-refractivity contribution in [2.24, 2.45) is 11.8 Å². The Morgan fingerprint density at radius 3 is 1.28 bits per heavy atom. The summed E-state index contributed by atoms with van der Waals surface area (Å²) in [4.78, 5) is 0. The van der Waals surface area contributed by atoms with Crippen LogP contribution in [0.3, 0.4) is 0 Å². The average molecular weight is 405 g/mol. The highest BCUT2D eigenvalue weighted by Gasteiger charge is 2.12. The van der Waals surface area contributed by atoms with Gasteiger partial charge in [0.15, 0.2) is 0 Å². The molecule has 0 aliphatic heterocycles. The second-order valence-electron chi connectivity index (χ2n) is 9.64. The normalized spacial score (nSPS) is 13.0. The lowest BCUT2D eigenvalue weighted by molar-refractivity contribution is 0.314. The van der Waals surface area contributed by atoms with Gasteiger partial charge >= 0.3 is 0 Å². The van der Waals surface area contributed by atoms with E-state index in [1.807, 2.05) is 0 Å². The molecule has 0 saturated carbocycles. The summed E-state index contributed by atoms with van der Waals surface area (Å²) < 4.78 is 0. The summed E-state index contributed by atoms with van der Waals surface area (Å²) in [6.45, 7) is 12.7. The van der Waals surface area contributed by atoms with E-state index in [1.54, 1.807) is 0 Å². The molecular weight excluding hydrogens is 348 g/mol. The first-order valence-corrected chi connectivity index (χ1v) is 13.5. The molecule has 0 heteroatoms. The maximum atomic E-state index is 3.92. The molecule has 0 aromatic heterocycles. The van der Waals surface area contributed by atoms with Crippen LogP contribution >= 0.6 is 0 Å². The van der Waals surface area contributed by atoms with Crippen LogP contribution in [0.2, 0.25) is 0 Å². The fourth-order valence-electron chi connectivity index (χ4n) is 4.33. The van der Waals surface area contributed by atoms with Crippen LogP contribution in [0.1, 0.15) is 149 Å². The number of hydrogen-bond acceptors (Lipinski definition) is 0. The van der Waals surface area contributed by atoms with Crippen molar-refractivity contribution in [2.75, 3.05) is 0 Å². The lowest BCUT2D eigenvalue weighted by Crippen LogP contribution is -2.08. The van der Waals surface area contributed by atoms with Gasteiger partial charge in [-0.2, -0.15) is 0 Å². The van der Waals surface area contributed by atoms with Gasteiger partial charge in [-0.25, -0.2) is 0 Å². The Kier molecular flexibility index (Phi) is 23.8. The SMILES string of the molecule is [CH2]CCCCCCC=CCCCCC(CCCCCCCCCCC[CH2])C(C)C. The zero-order valence-corrected chi connectivity index (χ0v) is 20.6. The van der Waals surface area contributed by atoms with Crippen LogP contribution in [0, 0.1) is 25.7 Å². The minimum Gasteiger partial charge on any atom is -0.0885 e. The van der Waals surface area contributed by atoms with Gasteiger partial charge in [-0.3, -0.25) is 0 Å². The van der Waals surface area contributed by atoms with E-state index in [-0.39, 0.29) is 0 Å². The lowest BCUT2D eigenvalue weighted by atomic mass is 9.85. The van der Waals surface area contributed by atoms with Gasteiger partial charge < -0.3 is 0 Å². The van der Waals surface area contributed by atoms with Gasteiger partial charge in [0.1, 0.15) is 0 Å². The number of hydrogen-bond donors (Lipinski definition) is 0. The molecule has 0 bridgehead atoms. The van der Waals surface area contributed by atoms with Gasteiger partial charge in [-0.1, -0.05) is 149 Å². The van der Waals surface area contributed by atoms with Crippen LogP contribution < -0.4 is 0 Å². The van der Waals surface area contributed by atoms with Crippen LogP contribution in [-0.4, -0.2) is 0 Å². The smallest absolute Gasteiger partial charge is 0.0351 e. The molecule has 0 N–H and O–H groups in total. The van der Waals surface area contributed by atoms with Crippen molar-refractivity contribution >= 4 is 0 Å². The largest absolute Gasteiger partial charge is 0.0885 e. The van der Waals surface area contributed by atoms with E-state index in [2.05, 4.69) is 39.8 Å². The molecule has 0 aromatic carbocycles. The third kappa shape index (κ3) is 22.3. The fourth-order valence-corrected chi connectivity index (χ4v) is 4.33. The second kappa shape index (κ2) is 24.0. The number of allylic oxidation sites excluding steroid dienone is 2. The summed E-state index contributed by atoms with van der Waals surface area (Å²) in [5.74, 6) is 1.81. The van der Waals surface area contributed by atoms with Crippen molar-refractivity contribution in [3.8, 4) is 0 Å². The highest BCUT2D eigenvalue weighted by Crippen LogP contribution is 2.25. The van der Waals surface area contributed by atoms with E-state index in [0.717, 1.165) is 24.7 Å². The molecule has 0 spiro atoms. The zero-order valence-electron chi connectivity index (χ0n) is 20.6. The van der Waals surface area contributed by atoms with Gasteiger partial charge in [0.05, 0.1) is 0 Å². The van der Waals surface area contributed by atoms with E-state index < -0.39 is 0 Å². The minimum absolute atomic E-state index is 0.858. The first-order valence-electron chi connectivity index (χ1n) is 13.5. The molecule has 0 fully saturated rings. The quantitative estimate of drug-likeness (QED) is 0.117. The molecule has 0 heterocycles. The van der Waals surface area contributed by atoms with E-state index in [4.69, 9.17) is 0 Å². The van der Waals surface area contributed by atoms with Gasteiger partial charge in [-0.15, -0.1) is 0 Å². The highest BCUT2D eigenvalue weighted by molar-refractivity contribution is 4.81. The molecule has 0 rings (SSSR count). The Hall–Kier alpha value is -0.260. The van der Waals surface area contributed by atoms with Crippen LogP contribution in [-0.2, 0) is 0 Å². The first kappa shape index (κ1) is 28.7. The molecule has 1 unspecified atom stereocenters. The summed E-state index contributed by atoms with van der Waals surface area (Å²) in [5.41, 5.74) is 0. The summed E-state index contributed by atoms with van der Waals surface area (Å²) in [6, 6.07) is 0. The topological polar surface area (TPSA) is 0 Å². The standard InChI is InChI=1S/C29H56/c1-5-7-9-11-13-15-17-19-21-23-25-27-29(28(3)4)26-24-22-20-18-16-14-12-10-8-6-2/h17,19,28-29H,1-2,5-16,18,20-27H2,3-4H3. The summed E-state index contributed by atoms with van der Waals surface area (Å²) in [6.07, 6.45) is 33.6. The molecule has 2 radical (unpaired) electrons. The Balaban J connectivity index is 3.51. The van der Waals surface area contributed by atoms with Crippen LogP contribution in [0.4, 0.5) is 0 Å². The fraction of sp³-hybridized carbons (Fsp3) is 0.862. The van der Waals surface area contributed by atoms with Crippen LogP contribution in [0.25, 0.3) is 0 Å². The maximum absolute atomic E-state index is 3.92. The Labute approximate surface area is 186 Å². The number of unbranched alkanes of at least 4 members (excludes halogenated alkanes) is 16. The Morgan fingerprint density at radius 2 is 0.828 bits per heavy atom. The summed E-state index contributed by atoms with van der Waals surface area (Å²) >= 11 is 0. The van der Waals surface area contributed by atoms with Gasteiger partial charge in [0.25, 0.3) is 0 Å². The Bertz CT molecular complexity index is 314. The van der Waals surface area contributed by atoms with Gasteiger partial charge in [0.2, 0.25) is 0 Å². The molecular formula is C29H56. The van der Waals surface area contributed by atoms with Crippen molar-refractivity contribution in [2.45, 2.75) is 149 Å². The van der Waals surface area contributed by atoms with E-state index in [0.29, 0.717) is 0 Å². The minimum atomic E-state index is 0.858. The molecule has 0 amide bonds. The van der Waals surface area contributed by atoms with Crippen molar-refractivity contribution in [3.63, 3.8) is 0 Å². The highest BCUT2D eigenvalue weighted by atomic mass is 14.2. The molecule has 0 saturated heterocycles. The average Bonchev–Trinajstić information content (AvgIpc) is 2.71. The van der Waals surface area contributed by atoms with Crippen LogP contribution in [0.15, 0.2) is 12.2 Å². The van der Waals surface area contributed by atoms with E-state index in [9.17, 15) is 0 Å². The van der Waals surface area contributed by atoms with E-state index >= 15 is 0 Å². The van der Waals surface area contributed by atoms with Crippen molar-refractivity contribution in [3.05, 3.63) is 26.0 Å². The predicted octanol–water partition coefficient (Wildman–Crippen LogP) is 10.7. The van der Waals surface area contributed by atoms with Gasteiger partial charge in [-0.05, 0) is 37.5 Å². The summed E-state index contributed by atoms with van der Waals surface area (Å²) in [5, 5.41) is 0. The molecule has 172 valence electrons. The maximum Gasteiger partial charge on any atom is -0.0351 e. The lowest BCUT2D eigenvalue weighted by Gasteiger charge is -2.20. The molecule has 1 atom stereocenters. The number of rotatable bonds is 23. The third-order valence-corrected chi connectivity index (χ3v) is 6.50. The monoisotopic (exact) mass is 404 g/mol. The molecule has 0 nitrogen and oxygen atoms in total. The Morgan fingerprint density at radius 1 is 0.483 bits per heavy atom. The predicted molar refractivity (Wildman–Crippen MR) is 135 cm³/mol. The van der Waals surface area contributed by atoms with Crippen molar-refractivity contribution in [1.29, 1.82) is 0 Å². The summed E-state index contributed by atoms with van der Waals surface area (Å²) in [7, 11) is 0.